The van der Waals surface area contributed by atoms with Crippen molar-refractivity contribution in [2.24, 2.45) is 0 Å². The van der Waals surface area contributed by atoms with Crippen molar-refractivity contribution < 1.29 is 19.4 Å². The quantitative estimate of drug-likeness (QED) is 0.160. The zero-order valence-corrected chi connectivity index (χ0v) is 15.5. The number of hydrogen-bond acceptors (Lipinski definition) is 4. The summed E-state index contributed by atoms with van der Waals surface area (Å²) < 4.78 is 5.18. The van der Waals surface area contributed by atoms with Gasteiger partial charge in [-0.25, -0.2) is 0 Å². The summed E-state index contributed by atoms with van der Waals surface area (Å²) in [5.74, 6) is -1.18. The maximum Gasteiger partial charge on any atom is 0.341 e. The highest BCUT2D eigenvalue weighted by molar-refractivity contribution is 7.64. The molecule has 0 amide bonds. The molecule has 0 spiro atoms. The fraction of sp³-hybridized carbons (Fsp3) is 0.333. The summed E-state index contributed by atoms with van der Waals surface area (Å²) in [5, 5.41) is 10.3. The van der Waals surface area contributed by atoms with Gasteiger partial charge >= 0.3 is 12.0 Å². The number of ether oxygens (including phenoxy) is 1. The number of carbonyl (C=O) groups is 2. The van der Waals surface area contributed by atoms with Gasteiger partial charge in [0.1, 0.15) is 5.75 Å². The largest absolute Gasteiger partial charge is 0.545 e. The normalized spacial score (nSPS) is 11.6. The van der Waals surface area contributed by atoms with Crippen LogP contribution in [0.1, 0.15) is 31.2 Å². The molecule has 1 rings (SSSR count). The number of rotatable bonds is 9. The molecule has 0 aliphatic carbocycles. The van der Waals surface area contributed by atoms with Crippen molar-refractivity contribution in [3.05, 3.63) is 35.9 Å². The Morgan fingerprint density at radius 3 is 2.30 bits per heavy atom. The topological polar surface area (TPSA) is 66.4 Å². The van der Waals surface area contributed by atoms with Crippen LogP contribution in [-0.4, -0.2) is 17.9 Å². The number of esters is 1. The van der Waals surface area contributed by atoms with Gasteiger partial charge in [0.15, 0.2) is 0 Å². The molecule has 0 aromatic heterocycles. The lowest BCUT2D eigenvalue weighted by Crippen LogP contribution is -2.18. The summed E-state index contributed by atoms with van der Waals surface area (Å²) in [6, 6.07) is 4.52. The molecule has 0 saturated heterocycles. The Balaban J connectivity index is 2.30. The molecule has 0 unspecified atom stereocenters. The van der Waals surface area contributed by atoms with Gasteiger partial charge in [-0.3, -0.25) is 4.79 Å². The monoisotopic (exact) mass is 393 g/mol. The van der Waals surface area contributed by atoms with E-state index in [1.54, 1.807) is 24.3 Å². The molecule has 8 heteroatoms. The Labute approximate surface area is 150 Å². The predicted molar refractivity (Wildman–Crippen MR) is 92.7 cm³/mol. The van der Waals surface area contributed by atoms with E-state index in [-0.39, 0.29) is 5.97 Å². The highest BCUT2D eigenvalue weighted by Gasteiger charge is 2.23. The zero-order chi connectivity index (χ0) is 17.3. The van der Waals surface area contributed by atoms with Crippen molar-refractivity contribution in [3.63, 3.8) is 0 Å². The summed E-state index contributed by atoms with van der Waals surface area (Å²) in [7, 11) is 0. The summed E-state index contributed by atoms with van der Waals surface area (Å²) in [6.07, 6.45) is 4.91. The van der Waals surface area contributed by atoms with Gasteiger partial charge in [-0.1, -0.05) is 31.1 Å². The molecule has 23 heavy (non-hydrogen) atoms. The first-order valence-electron chi connectivity index (χ1n) is 7.03. The van der Waals surface area contributed by atoms with Gasteiger partial charge in [-0.15, -0.1) is 33.2 Å². The molecule has 0 aliphatic rings. The Morgan fingerprint density at radius 2 is 1.74 bits per heavy atom. The number of carboxylic acid groups (broad SMARTS) is 1. The molecule has 0 radical (unpaired) electrons. The second kappa shape index (κ2) is 9.98. The Kier molecular flexibility index (Phi) is 8.69. The van der Waals surface area contributed by atoms with Gasteiger partial charge in [0.25, 0.3) is 0 Å². The number of benzene rings is 1. The van der Waals surface area contributed by atoms with E-state index >= 15 is 0 Å². The third kappa shape index (κ3) is 10.4. The van der Waals surface area contributed by atoms with E-state index < -0.39 is 12.0 Å². The highest BCUT2D eigenvalue weighted by atomic mass is 35.8. The minimum Gasteiger partial charge on any atom is -0.545 e. The van der Waals surface area contributed by atoms with Gasteiger partial charge in [-0.05, 0) is 36.2 Å². The molecule has 0 heterocycles. The van der Waals surface area contributed by atoms with Crippen molar-refractivity contribution in [3.8, 4) is 5.75 Å². The van der Waals surface area contributed by atoms with Gasteiger partial charge in [0.05, 0.1) is 5.97 Å². The number of carbonyl (C=O) groups excluding carboxylic acids is 2. The van der Waals surface area contributed by atoms with E-state index in [1.807, 2.05) is 0 Å². The fourth-order valence-electron chi connectivity index (χ4n) is 1.77. The van der Waals surface area contributed by atoms with Crippen molar-refractivity contribution in [2.45, 2.75) is 31.7 Å². The second-order valence-corrected chi connectivity index (χ2v) is 14.1. The molecule has 1 aromatic carbocycles. The standard InChI is InChI=1S/C15H17Cl3O4Si/c16-23(17,18)11-3-1-2-4-15(21)22-13-8-5-12(6-9-13)7-10-14(19)20/h5-10H,1-4,11H2,(H,19,20)/p-1/b10-7+. The Bertz CT molecular complexity index is 553. The SMILES string of the molecule is O=C([O-])/C=C/c1ccc(OC(=O)CCCCC[Si](Cl)(Cl)Cl)cc1. The number of aliphatic carboxylic acids is 1. The van der Waals surface area contributed by atoms with Crippen LogP contribution in [0.4, 0.5) is 0 Å². The average molecular weight is 395 g/mol. The molecule has 0 N–H and O–H groups in total. The highest BCUT2D eigenvalue weighted by Crippen LogP contribution is 2.27. The fourth-order valence-corrected chi connectivity index (χ4v) is 3.62. The minimum absolute atomic E-state index is 0.299. The van der Waals surface area contributed by atoms with Crippen LogP contribution < -0.4 is 9.84 Å². The second-order valence-electron chi connectivity index (χ2n) is 4.87. The van der Waals surface area contributed by atoms with Crippen LogP contribution in [-0.2, 0) is 9.59 Å². The Morgan fingerprint density at radius 1 is 1.09 bits per heavy atom. The van der Waals surface area contributed by atoms with Gasteiger partial charge in [0.2, 0.25) is 0 Å². The van der Waals surface area contributed by atoms with Gasteiger partial charge in [0, 0.05) is 6.42 Å². The Hall–Kier alpha value is -1.01. The minimum atomic E-state index is -2.56. The number of hydrogen-bond donors (Lipinski definition) is 0. The molecular formula is C15H16Cl3O4Si-. The predicted octanol–water partition coefficient (Wildman–Crippen LogP) is 3.57. The van der Waals surface area contributed by atoms with Crippen LogP contribution in [0.2, 0.25) is 6.04 Å². The maximum absolute atomic E-state index is 11.7. The first-order chi connectivity index (χ1) is 10.8. The molecule has 0 fully saturated rings. The van der Waals surface area contributed by atoms with Crippen LogP contribution in [0.15, 0.2) is 30.3 Å². The third-order valence-electron chi connectivity index (χ3n) is 2.86. The van der Waals surface area contributed by atoms with Crippen LogP contribution >= 0.6 is 33.2 Å². The molecule has 0 aliphatic heterocycles. The van der Waals surface area contributed by atoms with Crippen molar-refractivity contribution in [1.29, 1.82) is 0 Å². The average Bonchev–Trinajstić information content (AvgIpc) is 2.45. The summed E-state index contributed by atoms with van der Waals surface area (Å²) in [6.45, 7) is 0. The number of halogens is 3. The van der Waals surface area contributed by atoms with E-state index in [4.69, 9.17) is 38.0 Å². The van der Waals surface area contributed by atoms with Crippen molar-refractivity contribution in [1.82, 2.24) is 0 Å². The van der Waals surface area contributed by atoms with Crippen LogP contribution in [0, 0.1) is 0 Å². The lowest BCUT2D eigenvalue weighted by Gasteiger charge is -2.07. The number of unbranched alkanes of at least 4 members (excludes halogenated alkanes) is 2. The van der Waals surface area contributed by atoms with Crippen molar-refractivity contribution in [2.75, 3.05) is 0 Å². The van der Waals surface area contributed by atoms with Crippen LogP contribution in [0.25, 0.3) is 6.08 Å². The smallest absolute Gasteiger partial charge is 0.341 e. The van der Waals surface area contributed by atoms with E-state index in [0.29, 0.717) is 30.2 Å². The molecule has 0 atom stereocenters. The molecule has 0 saturated carbocycles. The zero-order valence-electron chi connectivity index (χ0n) is 12.3. The lowest BCUT2D eigenvalue weighted by atomic mass is 10.2. The summed E-state index contributed by atoms with van der Waals surface area (Å²) >= 11 is 17.3. The van der Waals surface area contributed by atoms with Gasteiger partial charge < -0.3 is 14.6 Å². The third-order valence-corrected chi connectivity index (χ3v) is 5.49. The van der Waals surface area contributed by atoms with E-state index in [1.165, 1.54) is 6.08 Å². The van der Waals surface area contributed by atoms with Crippen LogP contribution in [0.5, 0.6) is 5.75 Å². The molecular weight excluding hydrogens is 379 g/mol. The van der Waals surface area contributed by atoms with E-state index in [0.717, 1.165) is 18.9 Å². The summed E-state index contributed by atoms with van der Waals surface area (Å²) in [5.41, 5.74) is 0.671. The van der Waals surface area contributed by atoms with Crippen LogP contribution in [0.3, 0.4) is 0 Å². The van der Waals surface area contributed by atoms with Crippen molar-refractivity contribution >= 4 is 57.3 Å². The van der Waals surface area contributed by atoms with Gasteiger partial charge in [-0.2, -0.15) is 0 Å². The maximum atomic E-state index is 11.7. The summed E-state index contributed by atoms with van der Waals surface area (Å²) in [4.78, 5) is 22.0. The lowest BCUT2D eigenvalue weighted by molar-refractivity contribution is -0.297. The van der Waals surface area contributed by atoms with E-state index in [9.17, 15) is 14.7 Å². The molecule has 4 nitrogen and oxygen atoms in total. The molecule has 126 valence electrons. The molecule has 0 bridgehead atoms. The first kappa shape index (κ1) is 20.0. The number of carboxylic acids is 1. The molecule has 1 aromatic rings. The first-order valence-corrected chi connectivity index (χ1v) is 12.3. The van der Waals surface area contributed by atoms with E-state index in [2.05, 4.69) is 0 Å².